The van der Waals surface area contributed by atoms with Crippen LogP contribution in [-0.4, -0.2) is 21.8 Å². The molecule has 0 aliphatic carbocycles. The Morgan fingerprint density at radius 2 is 1.88 bits per heavy atom. The smallest absolute Gasteiger partial charge is 0.872 e. The second kappa shape index (κ2) is 14.2. The summed E-state index contributed by atoms with van der Waals surface area (Å²) < 4.78 is 0. The predicted molar refractivity (Wildman–Crippen MR) is 85.2 cm³/mol. The van der Waals surface area contributed by atoms with Crippen molar-refractivity contribution in [2.45, 2.75) is 0 Å². The van der Waals surface area contributed by atoms with Crippen LogP contribution in [0.2, 0.25) is 5.02 Å². The summed E-state index contributed by atoms with van der Waals surface area (Å²) in [5.41, 5.74) is 3.15. The van der Waals surface area contributed by atoms with E-state index in [1.807, 2.05) is 12.1 Å². The molecule has 0 aliphatic rings. The molecule has 0 aliphatic heterocycles. The Morgan fingerprint density at radius 3 is 2.42 bits per heavy atom. The number of nitrogens with zero attached hydrogens (tertiary/aromatic N) is 3. The first-order chi connectivity index (χ1) is 9.99. The first-order valence-electron chi connectivity index (χ1n) is 5.47. The first-order valence-corrected chi connectivity index (χ1v) is 5.85. The standard InChI is InChI=1S/C12H10ClN3O.Cu.NO3.2H2O/c13-10-4-5-11(17)9(7-10)8-15-16-12-3-1-2-6-14-12;;2-1(3)4;;/h1-8,17H,(H,14,16);;;2*1H2/q;+2;-1;;/b15-8+;;;;. The maximum absolute atomic E-state index is 11.4. The zero-order valence-electron chi connectivity index (χ0n) is 11.9. The Morgan fingerprint density at radius 1 is 1.25 bits per heavy atom. The number of hydrogen-bond acceptors (Lipinski definition) is 7. The van der Waals surface area contributed by atoms with Gasteiger partial charge in [-0.2, -0.15) is 5.10 Å². The number of aromatic nitrogens is 1. The number of hydrogen-bond donors (Lipinski definition) is 1. The van der Waals surface area contributed by atoms with Crippen molar-refractivity contribution in [2.24, 2.45) is 5.10 Å². The van der Waals surface area contributed by atoms with Gasteiger partial charge in [-0.25, -0.2) is 4.98 Å². The average molecular weight is 409 g/mol. The number of anilines is 1. The third kappa shape index (κ3) is 11.2. The Bertz CT molecular complexity index is 628. The minimum atomic E-state index is -1.75. The molecule has 1 heterocycles. The normalized spacial score (nSPS) is 8.54. The molecule has 0 saturated heterocycles. The number of benzene rings is 1. The van der Waals surface area contributed by atoms with Crippen molar-refractivity contribution < 1.29 is 38.2 Å². The van der Waals surface area contributed by atoms with Gasteiger partial charge in [0.1, 0.15) is 5.82 Å². The SMILES string of the molecule is O.O=[N+]([O-])[O-].[Cu+2].[O-]c1ccc(Cl)cc1/C=N/Nc1ccccn1.[OH3+]. The van der Waals surface area contributed by atoms with Gasteiger partial charge in [0.15, 0.2) is 0 Å². The summed E-state index contributed by atoms with van der Waals surface area (Å²) in [5, 5.41) is 30.6. The molecule has 0 fully saturated rings. The van der Waals surface area contributed by atoms with E-state index in [0.717, 1.165) is 0 Å². The Balaban J connectivity index is -0.000000571. The topological polar surface area (TPSA) is 191 Å². The quantitative estimate of drug-likeness (QED) is 0.248. The number of pyridine rings is 1. The maximum atomic E-state index is 11.4. The van der Waals surface area contributed by atoms with Crippen LogP contribution in [0.5, 0.6) is 5.75 Å². The molecule has 0 saturated carbocycles. The van der Waals surface area contributed by atoms with Crippen LogP contribution in [0.4, 0.5) is 5.82 Å². The van der Waals surface area contributed by atoms with Crippen molar-refractivity contribution in [3.63, 3.8) is 0 Å². The van der Waals surface area contributed by atoms with Crippen LogP contribution >= 0.6 is 11.6 Å². The molecule has 6 N–H and O–H groups in total. The van der Waals surface area contributed by atoms with E-state index in [4.69, 9.17) is 26.9 Å². The molecule has 0 unspecified atom stereocenters. The Kier molecular flexibility index (Phi) is 15.6. The molecule has 0 atom stereocenters. The minimum Gasteiger partial charge on any atom is -0.872 e. The molecule has 2 aromatic rings. The molecule has 12 heteroatoms. The summed E-state index contributed by atoms with van der Waals surface area (Å²) >= 11 is 5.78. The van der Waals surface area contributed by atoms with Gasteiger partial charge in [-0.05, 0) is 29.8 Å². The van der Waals surface area contributed by atoms with Gasteiger partial charge in [-0.15, -0.1) is 0 Å². The fourth-order valence-electron chi connectivity index (χ4n) is 1.22. The van der Waals surface area contributed by atoms with Crippen molar-refractivity contribution in [1.29, 1.82) is 0 Å². The third-order valence-corrected chi connectivity index (χ3v) is 2.25. The van der Waals surface area contributed by atoms with Gasteiger partial charge in [0.2, 0.25) is 0 Å². The van der Waals surface area contributed by atoms with Gasteiger partial charge in [0, 0.05) is 11.2 Å². The van der Waals surface area contributed by atoms with Gasteiger partial charge >= 0.3 is 17.1 Å². The van der Waals surface area contributed by atoms with Crippen LogP contribution in [0.25, 0.3) is 0 Å². The zero-order chi connectivity index (χ0) is 15.7. The van der Waals surface area contributed by atoms with E-state index in [1.54, 1.807) is 24.4 Å². The third-order valence-electron chi connectivity index (χ3n) is 2.02. The predicted octanol–water partition coefficient (Wildman–Crippen LogP) is 0.266. The first kappa shape index (κ1) is 26.5. The van der Waals surface area contributed by atoms with E-state index >= 15 is 0 Å². The second-order valence-electron chi connectivity index (χ2n) is 3.49. The van der Waals surface area contributed by atoms with Crippen molar-refractivity contribution in [3.05, 3.63) is 68.5 Å². The van der Waals surface area contributed by atoms with Crippen molar-refractivity contribution in [1.82, 2.24) is 4.98 Å². The molecule has 2 rings (SSSR count). The van der Waals surface area contributed by atoms with Crippen LogP contribution in [0, 0.1) is 15.3 Å². The van der Waals surface area contributed by atoms with Crippen LogP contribution in [-0.2, 0) is 22.5 Å². The molecule has 1 aromatic heterocycles. The molecule has 135 valence electrons. The number of rotatable bonds is 3. The van der Waals surface area contributed by atoms with Crippen LogP contribution in [0.1, 0.15) is 5.56 Å². The van der Waals surface area contributed by atoms with E-state index in [2.05, 4.69) is 15.5 Å². The number of hydrazone groups is 1. The van der Waals surface area contributed by atoms with Gasteiger partial charge < -0.3 is 31.4 Å². The molecule has 0 bridgehead atoms. The molecule has 0 spiro atoms. The Labute approximate surface area is 152 Å². The van der Waals surface area contributed by atoms with Crippen molar-refractivity contribution in [2.75, 3.05) is 5.43 Å². The average Bonchev–Trinajstić information content (AvgIpc) is 2.43. The molecule has 1 aromatic carbocycles. The summed E-state index contributed by atoms with van der Waals surface area (Å²) in [4.78, 5) is 12.3. The van der Waals surface area contributed by atoms with E-state index in [1.165, 1.54) is 12.3 Å². The fourth-order valence-corrected chi connectivity index (χ4v) is 1.40. The van der Waals surface area contributed by atoms with Crippen LogP contribution in [0.15, 0.2) is 47.7 Å². The maximum Gasteiger partial charge on any atom is 2.00 e. The zero-order valence-corrected chi connectivity index (χ0v) is 13.5. The minimum absolute atomic E-state index is 0. The van der Waals surface area contributed by atoms with Gasteiger partial charge in [-0.3, -0.25) is 5.43 Å². The molecular weight excluding hydrogens is 395 g/mol. The number of halogens is 1. The summed E-state index contributed by atoms with van der Waals surface area (Å²) in [5.74, 6) is 0.485. The van der Waals surface area contributed by atoms with Gasteiger partial charge in [-0.1, -0.05) is 29.5 Å². The fraction of sp³-hybridized carbons (Fsp3) is 0. The van der Waals surface area contributed by atoms with Gasteiger partial charge in [0.05, 0.1) is 11.3 Å². The molecule has 0 amide bonds. The summed E-state index contributed by atoms with van der Waals surface area (Å²) in [6.07, 6.45) is 3.07. The summed E-state index contributed by atoms with van der Waals surface area (Å²) in [6, 6.07) is 9.93. The van der Waals surface area contributed by atoms with E-state index in [0.29, 0.717) is 16.4 Å². The largest absolute Gasteiger partial charge is 2.00 e. The molecular formula is C12H14ClCuN4O6+. The van der Waals surface area contributed by atoms with Crippen LogP contribution < -0.4 is 10.5 Å². The second-order valence-corrected chi connectivity index (χ2v) is 3.93. The van der Waals surface area contributed by atoms with Crippen LogP contribution in [0.3, 0.4) is 0 Å². The van der Waals surface area contributed by atoms with E-state index in [9.17, 15) is 5.11 Å². The van der Waals surface area contributed by atoms with Crippen molar-refractivity contribution >= 4 is 23.6 Å². The number of nitrogens with one attached hydrogen (secondary N) is 1. The summed E-state index contributed by atoms with van der Waals surface area (Å²) in [6.45, 7) is 0. The van der Waals surface area contributed by atoms with Crippen molar-refractivity contribution in [3.8, 4) is 5.75 Å². The van der Waals surface area contributed by atoms with Gasteiger partial charge in [0.25, 0.3) is 0 Å². The molecule has 1 radical (unpaired) electrons. The molecule has 24 heavy (non-hydrogen) atoms. The summed E-state index contributed by atoms with van der Waals surface area (Å²) in [7, 11) is 0. The Hall–Kier alpha value is -2.43. The van der Waals surface area contributed by atoms with E-state index < -0.39 is 5.09 Å². The molecule has 10 nitrogen and oxygen atoms in total. The monoisotopic (exact) mass is 408 g/mol. The van der Waals surface area contributed by atoms with E-state index in [-0.39, 0.29) is 33.8 Å².